The molecule has 0 radical (unpaired) electrons. The third-order valence-electron chi connectivity index (χ3n) is 5.37. The summed E-state index contributed by atoms with van der Waals surface area (Å²) in [7, 11) is 1.37. The lowest BCUT2D eigenvalue weighted by Gasteiger charge is -2.43. The Kier molecular flexibility index (Phi) is 4.51. The molecule has 4 rings (SSSR count). The van der Waals surface area contributed by atoms with E-state index in [-0.39, 0.29) is 6.03 Å². The minimum Gasteiger partial charge on any atom is -0.466 e. The number of nitrogens with zero attached hydrogens (tertiary/aromatic N) is 2. The molecule has 2 aliphatic rings. The van der Waals surface area contributed by atoms with Gasteiger partial charge in [0.1, 0.15) is 0 Å². The van der Waals surface area contributed by atoms with E-state index in [0.29, 0.717) is 17.8 Å². The van der Waals surface area contributed by atoms with E-state index in [4.69, 9.17) is 4.74 Å². The number of allylic oxidation sites excluding steroid dienone is 1. The summed E-state index contributed by atoms with van der Waals surface area (Å²) >= 11 is 0. The Labute approximate surface area is 164 Å². The standard InChI is InChI=1S/C23H22N2O3/c1-15-8-10-17(11-9-15)14-25-16(2)20(22(26)28-3)21-19-7-5-4-6-18(19)12-13-24(21)23(25)27/h4-13,21H,14H2,1-3H3. The highest BCUT2D eigenvalue weighted by atomic mass is 16.5. The smallest absolute Gasteiger partial charge is 0.337 e. The fourth-order valence-corrected chi connectivity index (χ4v) is 3.83. The van der Waals surface area contributed by atoms with E-state index >= 15 is 0 Å². The van der Waals surface area contributed by atoms with Gasteiger partial charge >= 0.3 is 12.0 Å². The van der Waals surface area contributed by atoms with Crippen LogP contribution in [0.25, 0.3) is 6.08 Å². The molecule has 2 aromatic rings. The van der Waals surface area contributed by atoms with E-state index in [1.807, 2.05) is 68.5 Å². The van der Waals surface area contributed by atoms with Crippen LogP contribution in [-0.4, -0.2) is 28.9 Å². The molecule has 28 heavy (non-hydrogen) atoms. The van der Waals surface area contributed by atoms with Crippen molar-refractivity contribution in [3.05, 3.63) is 88.3 Å². The number of esters is 1. The van der Waals surface area contributed by atoms with Crippen molar-refractivity contribution in [2.45, 2.75) is 26.4 Å². The summed E-state index contributed by atoms with van der Waals surface area (Å²) in [5.74, 6) is -0.418. The lowest BCUT2D eigenvalue weighted by Crippen LogP contribution is -2.48. The molecule has 5 heteroatoms. The number of rotatable bonds is 3. The molecule has 2 aliphatic heterocycles. The molecule has 0 saturated carbocycles. The molecule has 142 valence electrons. The number of urea groups is 1. The number of aryl methyl sites for hydroxylation is 1. The van der Waals surface area contributed by atoms with Crippen molar-refractivity contribution in [3.63, 3.8) is 0 Å². The summed E-state index contributed by atoms with van der Waals surface area (Å²) in [6.07, 6.45) is 3.66. The topological polar surface area (TPSA) is 49.9 Å². The number of hydrogen-bond donors (Lipinski definition) is 0. The first-order valence-electron chi connectivity index (χ1n) is 9.23. The maximum atomic E-state index is 13.3. The lowest BCUT2D eigenvalue weighted by atomic mass is 9.88. The van der Waals surface area contributed by atoms with Gasteiger partial charge in [-0.3, -0.25) is 9.80 Å². The van der Waals surface area contributed by atoms with E-state index in [9.17, 15) is 9.59 Å². The van der Waals surface area contributed by atoms with E-state index in [0.717, 1.165) is 22.3 Å². The first-order valence-corrected chi connectivity index (χ1v) is 9.23. The second-order valence-electron chi connectivity index (χ2n) is 7.10. The zero-order chi connectivity index (χ0) is 19.8. The van der Waals surface area contributed by atoms with Crippen molar-refractivity contribution < 1.29 is 14.3 Å². The molecule has 0 bridgehead atoms. The molecule has 1 atom stereocenters. The van der Waals surface area contributed by atoms with Gasteiger partial charge in [0, 0.05) is 11.9 Å². The van der Waals surface area contributed by atoms with Crippen molar-refractivity contribution in [1.29, 1.82) is 0 Å². The number of amides is 2. The van der Waals surface area contributed by atoms with E-state index in [2.05, 4.69) is 0 Å². The van der Waals surface area contributed by atoms with Crippen molar-refractivity contribution >= 4 is 18.1 Å². The molecular formula is C23H22N2O3. The van der Waals surface area contributed by atoms with Gasteiger partial charge in [-0.05, 0) is 36.6 Å². The Bertz CT molecular complexity index is 1000. The Morgan fingerprint density at radius 3 is 2.50 bits per heavy atom. The third-order valence-corrected chi connectivity index (χ3v) is 5.37. The normalized spacial score (nSPS) is 18.1. The van der Waals surface area contributed by atoms with Crippen molar-refractivity contribution in [1.82, 2.24) is 9.80 Å². The van der Waals surface area contributed by atoms with Crippen LogP contribution >= 0.6 is 0 Å². The summed E-state index contributed by atoms with van der Waals surface area (Å²) in [5, 5.41) is 0. The molecule has 5 nitrogen and oxygen atoms in total. The number of carbonyl (C=O) groups is 2. The van der Waals surface area contributed by atoms with Crippen LogP contribution in [-0.2, 0) is 16.1 Å². The van der Waals surface area contributed by atoms with Gasteiger partial charge in [-0.15, -0.1) is 0 Å². The average molecular weight is 374 g/mol. The quantitative estimate of drug-likeness (QED) is 0.748. The fourth-order valence-electron chi connectivity index (χ4n) is 3.83. The number of methoxy groups -OCH3 is 1. The highest BCUT2D eigenvalue weighted by molar-refractivity contribution is 5.96. The molecular weight excluding hydrogens is 352 g/mol. The van der Waals surface area contributed by atoms with Gasteiger partial charge < -0.3 is 4.74 Å². The van der Waals surface area contributed by atoms with Gasteiger partial charge in [0.15, 0.2) is 0 Å². The first kappa shape index (κ1) is 18.0. The number of benzene rings is 2. The van der Waals surface area contributed by atoms with Crippen LogP contribution in [0.1, 0.15) is 35.2 Å². The van der Waals surface area contributed by atoms with Crippen molar-refractivity contribution in [2.24, 2.45) is 0 Å². The Morgan fingerprint density at radius 2 is 1.79 bits per heavy atom. The highest BCUT2D eigenvalue weighted by Crippen LogP contribution is 2.42. The van der Waals surface area contributed by atoms with E-state index in [1.165, 1.54) is 7.11 Å². The molecule has 1 unspecified atom stereocenters. The van der Waals surface area contributed by atoms with Gasteiger partial charge in [-0.2, -0.15) is 0 Å². The summed E-state index contributed by atoms with van der Waals surface area (Å²) < 4.78 is 5.09. The summed E-state index contributed by atoms with van der Waals surface area (Å²) in [4.78, 5) is 29.3. The van der Waals surface area contributed by atoms with Gasteiger partial charge in [0.25, 0.3) is 0 Å². The Balaban J connectivity index is 1.83. The van der Waals surface area contributed by atoms with Crippen LogP contribution in [0, 0.1) is 6.92 Å². The summed E-state index contributed by atoms with van der Waals surface area (Å²) in [5.41, 5.74) is 5.20. The first-order chi connectivity index (χ1) is 13.5. The van der Waals surface area contributed by atoms with Gasteiger partial charge in [0.2, 0.25) is 0 Å². The van der Waals surface area contributed by atoms with Crippen LogP contribution in [0.4, 0.5) is 4.79 Å². The maximum absolute atomic E-state index is 13.3. The second-order valence-corrected chi connectivity index (χ2v) is 7.10. The van der Waals surface area contributed by atoms with E-state index < -0.39 is 12.0 Å². The van der Waals surface area contributed by atoms with Crippen molar-refractivity contribution in [2.75, 3.05) is 7.11 Å². The van der Waals surface area contributed by atoms with Crippen molar-refractivity contribution in [3.8, 4) is 0 Å². The van der Waals surface area contributed by atoms with Gasteiger partial charge in [-0.25, -0.2) is 9.59 Å². The molecule has 2 heterocycles. The third kappa shape index (κ3) is 2.89. The van der Waals surface area contributed by atoms with Crippen LogP contribution in [0.15, 0.2) is 66.0 Å². The molecule has 2 aromatic carbocycles. The number of fused-ring (bicyclic) bond motifs is 3. The van der Waals surface area contributed by atoms with Crippen LogP contribution in [0.5, 0.6) is 0 Å². The summed E-state index contributed by atoms with van der Waals surface area (Å²) in [6.45, 7) is 4.23. The molecule has 0 fully saturated rings. The minimum atomic E-state index is -0.476. The van der Waals surface area contributed by atoms with Crippen LogP contribution in [0.3, 0.4) is 0 Å². The largest absolute Gasteiger partial charge is 0.466 e. The Hall–Kier alpha value is -3.34. The predicted molar refractivity (Wildman–Crippen MR) is 107 cm³/mol. The molecule has 0 saturated heterocycles. The Morgan fingerprint density at radius 1 is 1.07 bits per heavy atom. The number of ether oxygens (including phenoxy) is 1. The molecule has 0 aliphatic carbocycles. The minimum absolute atomic E-state index is 0.151. The molecule has 0 aromatic heterocycles. The predicted octanol–water partition coefficient (Wildman–Crippen LogP) is 4.41. The average Bonchev–Trinajstić information content (AvgIpc) is 2.72. The monoisotopic (exact) mass is 374 g/mol. The lowest BCUT2D eigenvalue weighted by molar-refractivity contribution is -0.137. The van der Waals surface area contributed by atoms with Gasteiger partial charge in [-0.1, -0.05) is 54.1 Å². The van der Waals surface area contributed by atoms with Crippen LogP contribution in [0.2, 0.25) is 0 Å². The number of hydrogen-bond acceptors (Lipinski definition) is 3. The fraction of sp³-hybridized carbons (Fsp3) is 0.217. The van der Waals surface area contributed by atoms with E-state index in [1.54, 1.807) is 16.0 Å². The maximum Gasteiger partial charge on any atom is 0.337 e. The SMILES string of the molecule is COC(=O)C1=C(C)N(Cc2ccc(C)cc2)C(=O)N2C=Cc3ccccc3C12. The van der Waals surface area contributed by atoms with Gasteiger partial charge in [0.05, 0.1) is 25.3 Å². The molecule has 0 spiro atoms. The zero-order valence-electron chi connectivity index (χ0n) is 16.2. The second kappa shape index (κ2) is 7.00. The molecule has 0 N–H and O–H groups in total. The zero-order valence-corrected chi connectivity index (χ0v) is 16.2. The molecule has 2 amide bonds. The number of carbonyl (C=O) groups excluding carboxylic acids is 2. The van der Waals surface area contributed by atoms with Crippen LogP contribution < -0.4 is 0 Å². The highest BCUT2D eigenvalue weighted by Gasteiger charge is 2.43. The summed E-state index contributed by atoms with van der Waals surface area (Å²) in [6, 6.07) is 15.2.